The van der Waals surface area contributed by atoms with E-state index in [9.17, 15) is 26.4 Å². The fourth-order valence-electron chi connectivity index (χ4n) is 3.29. The zero-order valence-corrected chi connectivity index (χ0v) is 18.0. The molecule has 0 radical (unpaired) electrons. The predicted molar refractivity (Wildman–Crippen MR) is 113 cm³/mol. The third kappa shape index (κ3) is 4.58. The fourth-order valence-corrected chi connectivity index (χ4v) is 4.76. The number of nitrogens with zero attached hydrogens (tertiary/aromatic N) is 2. The molecule has 0 saturated carbocycles. The van der Waals surface area contributed by atoms with Crippen molar-refractivity contribution in [3.05, 3.63) is 83.2 Å². The predicted octanol–water partition coefficient (Wildman–Crippen LogP) is 4.05. The number of halogens is 3. The Morgan fingerprint density at radius 3 is 2.45 bits per heavy atom. The zero-order chi connectivity index (χ0) is 23.8. The number of pyridine rings is 1. The van der Waals surface area contributed by atoms with E-state index in [1.54, 1.807) is 12.3 Å². The second-order valence-corrected chi connectivity index (χ2v) is 9.26. The number of rotatable bonds is 5. The Labute approximate surface area is 186 Å². The highest BCUT2D eigenvalue weighted by atomic mass is 32.2. The summed E-state index contributed by atoms with van der Waals surface area (Å²) in [4.78, 5) is 16.2. The van der Waals surface area contributed by atoms with E-state index in [2.05, 4.69) is 20.5 Å². The quantitative estimate of drug-likeness (QED) is 0.454. The van der Waals surface area contributed by atoms with Crippen LogP contribution in [0.25, 0.3) is 11.0 Å². The van der Waals surface area contributed by atoms with Crippen LogP contribution in [0.1, 0.15) is 27.0 Å². The van der Waals surface area contributed by atoms with Gasteiger partial charge in [0, 0.05) is 18.1 Å². The number of aromatic nitrogens is 3. The van der Waals surface area contributed by atoms with Crippen molar-refractivity contribution in [3.8, 4) is 0 Å². The lowest BCUT2D eigenvalue weighted by Crippen LogP contribution is -2.22. The summed E-state index contributed by atoms with van der Waals surface area (Å²) in [5, 5.41) is 9.96. The molecule has 2 aromatic heterocycles. The van der Waals surface area contributed by atoms with E-state index in [-0.39, 0.29) is 27.8 Å². The van der Waals surface area contributed by atoms with Crippen molar-refractivity contribution in [3.63, 3.8) is 0 Å². The molecule has 4 rings (SSSR count). The number of amides is 1. The minimum Gasteiger partial charge on any atom is -0.348 e. The normalized spacial score (nSPS) is 12.1. The molecular formula is C22H17F3N4O3S. The molecule has 0 fully saturated rings. The lowest BCUT2D eigenvalue weighted by molar-refractivity contribution is -0.137. The van der Waals surface area contributed by atoms with E-state index >= 15 is 0 Å². The van der Waals surface area contributed by atoms with Gasteiger partial charge in [0.15, 0.2) is 5.65 Å². The number of carbonyl (C=O) groups excluding carboxylic acids is 1. The summed E-state index contributed by atoms with van der Waals surface area (Å²) < 4.78 is 64.4. The minimum absolute atomic E-state index is 0.00404. The first kappa shape index (κ1) is 22.5. The molecule has 33 heavy (non-hydrogen) atoms. The van der Waals surface area contributed by atoms with Crippen LogP contribution in [0.3, 0.4) is 0 Å². The second-order valence-electron chi connectivity index (χ2n) is 7.34. The number of fused-ring (bicyclic) bond motifs is 1. The van der Waals surface area contributed by atoms with Crippen LogP contribution in [0.2, 0.25) is 0 Å². The summed E-state index contributed by atoms with van der Waals surface area (Å²) in [5.41, 5.74) is 0.646. The largest absolute Gasteiger partial charge is 0.416 e. The van der Waals surface area contributed by atoms with Gasteiger partial charge in [-0.25, -0.2) is 13.4 Å². The van der Waals surface area contributed by atoms with Gasteiger partial charge in [-0.2, -0.15) is 18.3 Å². The molecule has 4 aromatic rings. The highest BCUT2D eigenvalue weighted by molar-refractivity contribution is 7.91. The number of H-pyrrole nitrogens is 1. The van der Waals surface area contributed by atoms with Gasteiger partial charge in [-0.05, 0) is 54.4 Å². The van der Waals surface area contributed by atoms with Gasteiger partial charge in [-0.15, -0.1) is 0 Å². The van der Waals surface area contributed by atoms with Crippen molar-refractivity contribution in [1.82, 2.24) is 20.5 Å². The van der Waals surface area contributed by atoms with Gasteiger partial charge in [0.2, 0.25) is 9.84 Å². The number of hydrogen-bond acceptors (Lipinski definition) is 5. The second kappa shape index (κ2) is 8.32. The van der Waals surface area contributed by atoms with Gasteiger partial charge in [-0.3, -0.25) is 9.89 Å². The van der Waals surface area contributed by atoms with E-state index in [0.717, 1.165) is 18.2 Å². The maximum absolute atomic E-state index is 12.9. The minimum atomic E-state index is -4.56. The van der Waals surface area contributed by atoms with Gasteiger partial charge in [0.25, 0.3) is 5.91 Å². The molecule has 0 aliphatic heterocycles. The summed E-state index contributed by atoms with van der Waals surface area (Å²) in [6, 6.07) is 9.94. The van der Waals surface area contributed by atoms with Crippen LogP contribution in [-0.4, -0.2) is 29.5 Å². The first-order chi connectivity index (χ1) is 15.6. The van der Waals surface area contributed by atoms with Crippen LogP contribution in [0, 0.1) is 6.92 Å². The lowest BCUT2D eigenvalue weighted by Gasteiger charge is -2.12. The first-order valence-electron chi connectivity index (χ1n) is 9.65. The molecule has 0 unspecified atom stereocenters. The Kier molecular flexibility index (Phi) is 5.66. The molecule has 0 aliphatic carbocycles. The Morgan fingerprint density at radius 1 is 1.06 bits per heavy atom. The smallest absolute Gasteiger partial charge is 0.348 e. The summed E-state index contributed by atoms with van der Waals surface area (Å²) >= 11 is 0. The number of nitrogens with one attached hydrogen (secondary N) is 2. The monoisotopic (exact) mass is 474 g/mol. The number of sulfone groups is 1. The first-order valence-corrected chi connectivity index (χ1v) is 11.1. The highest BCUT2D eigenvalue weighted by Gasteiger charge is 2.32. The molecule has 1 amide bonds. The van der Waals surface area contributed by atoms with Gasteiger partial charge in [-0.1, -0.05) is 12.1 Å². The number of hydrogen-bond donors (Lipinski definition) is 2. The number of carbonyl (C=O) groups is 1. The maximum Gasteiger partial charge on any atom is 0.416 e. The number of alkyl halides is 3. The van der Waals surface area contributed by atoms with Crippen molar-refractivity contribution < 1.29 is 26.4 Å². The van der Waals surface area contributed by atoms with Crippen LogP contribution in [0.15, 0.2) is 70.7 Å². The summed E-state index contributed by atoms with van der Waals surface area (Å²) in [5.74, 6) is -0.359. The molecule has 7 nitrogen and oxygen atoms in total. The molecule has 0 atom stereocenters. The number of aryl methyl sites for hydroxylation is 1. The molecule has 2 heterocycles. The van der Waals surface area contributed by atoms with Crippen LogP contribution < -0.4 is 5.32 Å². The Hall–Kier alpha value is -3.73. The Balaban J connectivity index is 1.47. The van der Waals surface area contributed by atoms with E-state index in [0.29, 0.717) is 22.2 Å². The van der Waals surface area contributed by atoms with Crippen molar-refractivity contribution in [1.29, 1.82) is 0 Å². The van der Waals surface area contributed by atoms with Crippen LogP contribution in [0.5, 0.6) is 0 Å². The molecule has 0 spiro atoms. The average Bonchev–Trinajstić information content (AvgIpc) is 3.25. The van der Waals surface area contributed by atoms with Gasteiger partial charge >= 0.3 is 6.18 Å². The molecule has 170 valence electrons. The van der Waals surface area contributed by atoms with Crippen LogP contribution in [0.4, 0.5) is 13.2 Å². The molecule has 2 N–H and O–H groups in total. The summed E-state index contributed by atoms with van der Waals surface area (Å²) in [6.07, 6.45) is -1.59. The lowest BCUT2D eigenvalue weighted by atomic mass is 10.1. The van der Waals surface area contributed by atoms with Gasteiger partial charge in [0.1, 0.15) is 0 Å². The molecule has 0 aliphatic rings. The zero-order valence-electron chi connectivity index (χ0n) is 17.1. The Morgan fingerprint density at radius 2 is 1.79 bits per heavy atom. The van der Waals surface area contributed by atoms with E-state index in [1.165, 1.54) is 37.4 Å². The molecule has 0 bridgehead atoms. The van der Waals surface area contributed by atoms with E-state index < -0.39 is 21.6 Å². The van der Waals surface area contributed by atoms with Crippen LogP contribution in [-0.2, 0) is 22.6 Å². The third-order valence-electron chi connectivity index (χ3n) is 5.03. The maximum atomic E-state index is 12.9. The average molecular weight is 474 g/mol. The van der Waals surface area contributed by atoms with Crippen molar-refractivity contribution in [2.75, 3.05) is 0 Å². The molecule has 0 saturated heterocycles. The fraction of sp³-hybridized carbons (Fsp3) is 0.136. The topological polar surface area (TPSA) is 105 Å². The van der Waals surface area contributed by atoms with E-state index in [1.807, 2.05) is 0 Å². The summed E-state index contributed by atoms with van der Waals surface area (Å²) in [6.45, 7) is 1.46. The van der Waals surface area contributed by atoms with Gasteiger partial charge < -0.3 is 5.32 Å². The van der Waals surface area contributed by atoms with Crippen molar-refractivity contribution >= 4 is 26.8 Å². The van der Waals surface area contributed by atoms with E-state index in [4.69, 9.17) is 0 Å². The molecule has 11 heteroatoms. The Bertz CT molecular complexity index is 1450. The number of aromatic amines is 1. The molecular weight excluding hydrogens is 457 g/mol. The van der Waals surface area contributed by atoms with Crippen molar-refractivity contribution in [2.24, 2.45) is 0 Å². The van der Waals surface area contributed by atoms with Crippen molar-refractivity contribution in [2.45, 2.75) is 29.4 Å². The highest BCUT2D eigenvalue weighted by Crippen LogP contribution is 2.33. The standard InChI is InChI=1S/C22H17F3N4O3S/c1-13-8-17(22(23,24)25)4-7-19(13)33(31,32)18-5-2-14(3-6-18)10-27-21(30)16-9-15-12-28-29-20(15)26-11-16/h2-9,11-12H,10H2,1H3,(H,27,30)(H,26,28,29). The van der Waals surface area contributed by atoms with Crippen LogP contribution >= 0.6 is 0 Å². The SMILES string of the molecule is Cc1cc(C(F)(F)F)ccc1S(=O)(=O)c1ccc(CNC(=O)c2cnc3[nH]ncc3c2)cc1. The third-order valence-corrected chi connectivity index (χ3v) is 6.96. The summed E-state index contributed by atoms with van der Waals surface area (Å²) in [7, 11) is -4.01. The number of benzene rings is 2. The van der Waals surface area contributed by atoms with Gasteiger partial charge in [0.05, 0.1) is 27.1 Å². The molecule has 2 aromatic carbocycles.